The highest BCUT2D eigenvalue weighted by Gasteiger charge is 2.49. The summed E-state index contributed by atoms with van der Waals surface area (Å²) in [5, 5.41) is 3.44. The van der Waals surface area contributed by atoms with Gasteiger partial charge >= 0.3 is 0 Å². The SMILES string of the molecule is C1CCC2C3NC(NO3)C2C1. The molecule has 2 heterocycles. The Morgan fingerprint density at radius 2 is 1.91 bits per heavy atom. The first-order valence-corrected chi connectivity index (χ1v) is 4.62. The molecule has 2 aliphatic heterocycles. The lowest BCUT2D eigenvalue weighted by molar-refractivity contribution is -0.0709. The lowest BCUT2D eigenvalue weighted by Gasteiger charge is -2.32. The quantitative estimate of drug-likeness (QED) is 0.535. The molecule has 0 radical (unpaired) electrons. The van der Waals surface area contributed by atoms with Crippen molar-refractivity contribution >= 4 is 0 Å². The predicted molar refractivity (Wildman–Crippen MR) is 40.4 cm³/mol. The second-order valence-corrected chi connectivity index (χ2v) is 3.91. The monoisotopic (exact) mass is 154 g/mol. The zero-order valence-corrected chi connectivity index (χ0v) is 6.55. The van der Waals surface area contributed by atoms with Crippen molar-refractivity contribution in [3.8, 4) is 0 Å². The summed E-state index contributed by atoms with van der Waals surface area (Å²) in [6, 6.07) is 0. The average molecular weight is 154 g/mol. The molecule has 62 valence electrons. The Labute approximate surface area is 66.4 Å². The van der Waals surface area contributed by atoms with Crippen LogP contribution in [0.2, 0.25) is 0 Å². The van der Waals surface area contributed by atoms with Gasteiger partial charge in [0.1, 0.15) is 6.23 Å². The molecule has 3 rings (SSSR count). The smallest absolute Gasteiger partial charge is 0.134 e. The van der Waals surface area contributed by atoms with E-state index in [1.54, 1.807) is 0 Å². The number of nitrogens with one attached hydrogen (secondary N) is 2. The summed E-state index contributed by atoms with van der Waals surface area (Å²) in [6.07, 6.45) is 6.34. The highest BCUT2D eigenvalue weighted by Crippen LogP contribution is 2.41. The van der Waals surface area contributed by atoms with Gasteiger partial charge in [0.15, 0.2) is 0 Å². The van der Waals surface area contributed by atoms with E-state index in [0.717, 1.165) is 11.8 Å². The molecule has 3 heteroatoms. The van der Waals surface area contributed by atoms with Crippen LogP contribution in [0.15, 0.2) is 0 Å². The first-order valence-electron chi connectivity index (χ1n) is 4.62. The summed E-state index contributed by atoms with van der Waals surface area (Å²) in [4.78, 5) is 5.36. The van der Waals surface area contributed by atoms with Crippen molar-refractivity contribution in [1.29, 1.82) is 0 Å². The van der Waals surface area contributed by atoms with E-state index in [4.69, 9.17) is 4.84 Å². The van der Waals surface area contributed by atoms with Crippen LogP contribution in [0.3, 0.4) is 0 Å². The van der Waals surface area contributed by atoms with Crippen molar-refractivity contribution in [2.45, 2.75) is 38.1 Å². The molecule has 0 aromatic rings. The molecule has 11 heavy (non-hydrogen) atoms. The van der Waals surface area contributed by atoms with Crippen LogP contribution in [0.1, 0.15) is 25.7 Å². The van der Waals surface area contributed by atoms with E-state index in [0.29, 0.717) is 12.4 Å². The minimum Gasteiger partial charge on any atom is -0.281 e. The molecule has 2 bridgehead atoms. The van der Waals surface area contributed by atoms with Gasteiger partial charge in [0, 0.05) is 5.92 Å². The Morgan fingerprint density at radius 3 is 2.73 bits per heavy atom. The fraction of sp³-hybridized carbons (Fsp3) is 1.00. The van der Waals surface area contributed by atoms with E-state index in [1.165, 1.54) is 25.7 Å². The van der Waals surface area contributed by atoms with Gasteiger partial charge in [-0.05, 0) is 18.8 Å². The topological polar surface area (TPSA) is 33.3 Å². The molecule has 3 aliphatic rings. The van der Waals surface area contributed by atoms with Crippen LogP contribution in [0, 0.1) is 11.8 Å². The lowest BCUT2D eigenvalue weighted by Crippen LogP contribution is -2.40. The lowest BCUT2D eigenvalue weighted by atomic mass is 9.79. The molecule has 3 fully saturated rings. The fourth-order valence-corrected chi connectivity index (χ4v) is 2.79. The van der Waals surface area contributed by atoms with Crippen LogP contribution in [0.4, 0.5) is 0 Å². The summed E-state index contributed by atoms with van der Waals surface area (Å²) in [7, 11) is 0. The van der Waals surface area contributed by atoms with Gasteiger partial charge in [-0.15, -0.1) is 0 Å². The van der Waals surface area contributed by atoms with Crippen LogP contribution in [-0.4, -0.2) is 12.4 Å². The van der Waals surface area contributed by atoms with E-state index in [-0.39, 0.29) is 0 Å². The number of hydrogen-bond donors (Lipinski definition) is 2. The van der Waals surface area contributed by atoms with Crippen molar-refractivity contribution in [2.24, 2.45) is 11.8 Å². The summed E-state index contributed by atoms with van der Waals surface area (Å²) in [5.41, 5.74) is 3.04. The summed E-state index contributed by atoms with van der Waals surface area (Å²) in [6.45, 7) is 0. The maximum atomic E-state index is 5.36. The molecule has 0 amide bonds. The molecule has 0 aromatic heterocycles. The normalized spacial score (nSPS) is 54.5. The maximum absolute atomic E-state index is 5.36. The van der Waals surface area contributed by atoms with Gasteiger partial charge in [-0.3, -0.25) is 10.2 Å². The summed E-state index contributed by atoms with van der Waals surface area (Å²) >= 11 is 0. The van der Waals surface area contributed by atoms with Gasteiger partial charge < -0.3 is 0 Å². The molecule has 1 aliphatic carbocycles. The van der Waals surface area contributed by atoms with Gasteiger partial charge in [-0.2, -0.15) is 5.48 Å². The minimum atomic E-state index is 0.324. The molecule has 4 unspecified atom stereocenters. The Hall–Kier alpha value is -0.120. The molecular weight excluding hydrogens is 140 g/mol. The second-order valence-electron chi connectivity index (χ2n) is 3.91. The Balaban J connectivity index is 1.84. The van der Waals surface area contributed by atoms with E-state index < -0.39 is 0 Å². The summed E-state index contributed by atoms with van der Waals surface area (Å²) < 4.78 is 0. The average Bonchev–Trinajstić information content (AvgIpc) is 2.64. The van der Waals surface area contributed by atoms with Crippen molar-refractivity contribution in [2.75, 3.05) is 0 Å². The molecule has 0 aromatic carbocycles. The maximum Gasteiger partial charge on any atom is 0.134 e. The predicted octanol–water partition coefficient (Wildman–Crippen LogP) is 0.583. The third-order valence-electron chi connectivity index (χ3n) is 3.36. The van der Waals surface area contributed by atoms with E-state index in [2.05, 4.69) is 10.8 Å². The highest BCUT2D eigenvalue weighted by molar-refractivity contribution is 4.96. The molecule has 3 nitrogen and oxygen atoms in total. The van der Waals surface area contributed by atoms with Crippen molar-refractivity contribution in [3.63, 3.8) is 0 Å². The Kier molecular flexibility index (Phi) is 1.27. The second kappa shape index (κ2) is 2.19. The molecule has 2 N–H and O–H groups in total. The van der Waals surface area contributed by atoms with Crippen LogP contribution < -0.4 is 10.8 Å². The molecule has 2 saturated heterocycles. The van der Waals surface area contributed by atoms with E-state index in [1.807, 2.05) is 0 Å². The van der Waals surface area contributed by atoms with Gasteiger partial charge in [-0.1, -0.05) is 12.8 Å². The van der Waals surface area contributed by atoms with Crippen LogP contribution >= 0.6 is 0 Å². The van der Waals surface area contributed by atoms with Crippen molar-refractivity contribution in [3.05, 3.63) is 0 Å². The van der Waals surface area contributed by atoms with Crippen LogP contribution in [-0.2, 0) is 4.84 Å². The largest absolute Gasteiger partial charge is 0.281 e. The summed E-state index contributed by atoms with van der Waals surface area (Å²) in [5.74, 6) is 1.65. The molecule has 0 spiro atoms. The van der Waals surface area contributed by atoms with Gasteiger partial charge in [-0.25, -0.2) is 0 Å². The number of hydroxylamine groups is 1. The van der Waals surface area contributed by atoms with E-state index >= 15 is 0 Å². The van der Waals surface area contributed by atoms with Crippen LogP contribution in [0.5, 0.6) is 0 Å². The van der Waals surface area contributed by atoms with Gasteiger partial charge in [0.2, 0.25) is 0 Å². The van der Waals surface area contributed by atoms with Crippen molar-refractivity contribution < 1.29 is 4.84 Å². The number of rotatable bonds is 0. The zero-order chi connectivity index (χ0) is 7.26. The highest BCUT2D eigenvalue weighted by atomic mass is 16.7. The first-order chi connectivity index (χ1) is 5.45. The first kappa shape index (κ1) is 6.40. The van der Waals surface area contributed by atoms with Crippen LogP contribution in [0.25, 0.3) is 0 Å². The third kappa shape index (κ3) is 0.789. The third-order valence-corrected chi connectivity index (χ3v) is 3.36. The molecule has 4 atom stereocenters. The number of hydrogen-bond acceptors (Lipinski definition) is 3. The Morgan fingerprint density at radius 1 is 1.09 bits per heavy atom. The van der Waals surface area contributed by atoms with E-state index in [9.17, 15) is 0 Å². The standard InChI is InChI=1S/C8H14N2O/c1-2-4-6-5(3-1)7-9-8(6)11-10-7/h5-10H,1-4H2. The van der Waals surface area contributed by atoms with Gasteiger partial charge in [0.25, 0.3) is 0 Å². The molecule has 1 saturated carbocycles. The Bertz CT molecular complexity index is 155. The fourth-order valence-electron chi connectivity index (χ4n) is 2.79. The van der Waals surface area contributed by atoms with Gasteiger partial charge in [0.05, 0.1) is 6.17 Å². The molecular formula is C8H14N2O. The zero-order valence-electron chi connectivity index (χ0n) is 6.55. The van der Waals surface area contributed by atoms with Crippen molar-refractivity contribution in [1.82, 2.24) is 10.8 Å². The number of fused-ring (bicyclic) bond motifs is 5. The minimum absolute atomic E-state index is 0.324.